The van der Waals surface area contributed by atoms with Crippen LogP contribution in [-0.2, 0) is 11.2 Å². The molecule has 0 saturated carbocycles. The minimum atomic E-state index is -0.735. The Kier molecular flexibility index (Phi) is 6.40. The molecule has 24 heavy (non-hydrogen) atoms. The fraction of sp³-hybridized carbons (Fsp3) is 0.444. The van der Waals surface area contributed by atoms with Crippen LogP contribution in [0.3, 0.4) is 0 Å². The Labute approximate surface area is 148 Å². The molecule has 1 aliphatic rings. The van der Waals surface area contributed by atoms with Crippen molar-refractivity contribution in [1.29, 1.82) is 0 Å². The number of aryl methyl sites for hydroxylation is 1. The zero-order valence-electron chi connectivity index (χ0n) is 14.1. The van der Waals surface area contributed by atoms with E-state index in [0.717, 1.165) is 0 Å². The first-order chi connectivity index (χ1) is 11.5. The molecule has 0 bridgehead atoms. The first-order valence-electron chi connectivity index (χ1n) is 8.06. The van der Waals surface area contributed by atoms with Gasteiger partial charge >= 0.3 is 0 Å². The summed E-state index contributed by atoms with van der Waals surface area (Å²) < 4.78 is 0. The van der Waals surface area contributed by atoms with Gasteiger partial charge in [0.25, 0.3) is 0 Å². The molecule has 6 heteroatoms. The smallest absolute Gasteiger partial charge is 0.163 e. The van der Waals surface area contributed by atoms with Gasteiger partial charge in [0.2, 0.25) is 0 Å². The summed E-state index contributed by atoms with van der Waals surface area (Å²) in [6.45, 7) is 3.31. The van der Waals surface area contributed by atoms with Crippen molar-refractivity contribution in [3.8, 4) is 0 Å². The largest absolute Gasteiger partial charge is 0.389 e. The highest BCUT2D eigenvalue weighted by atomic mass is 35.5. The predicted octanol–water partition coefficient (Wildman–Crippen LogP) is 2.22. The minimum absolute atomic E-state index is 0.123. The van der Waals surface area contributed by atoms with Gasteiger partial charge in [0.05, 0.1) is 17.5 Å². The molecular formula is C18H24ClN3O2. The van der Waals surface area contributed by atoms with Crippen molar-refractivity contribution < 1.29 is 9.90 Å². The number of rotatable bonds is 6. The molecule has 1 fully saturated rings. The average Bonchev–Trinajstić information content (AvgIpc) is 2.58. The number of benzene rings is 1. The molecule has 1 saturated heterocycles. The molecule has 0 unspecified atom stereocenters. The SMILES string of the molecule is CN/N=C\C(=C(\Cl)C=O)N1CCC(O)(Cc2ccccc2C)CC1. The zero-order valence-corrected chi connectivity index (χ0v) is 14.9. The normalized spacial score (nSPS) is 18.4. The van der Waals surface area contributed by atoms with E-state index in [2.05, 4.69) is 29.6 Å². The zero-order chi connectivity index (χ0) is 17.6. The fourth-order valence-corrected chi connectivity index (χ4v) is 3.15. The third-order valence-corrected chi connectivity index (χ3v) is 4.76. The van der Waals surface area contributed by atoms with Crippen molar-refractivity contribution >= 4 is 24.1 Å². The molecule has 5 nitrogen and oxygen atoms in total. The van der Waals surface area contributed by atoms with Gasteiger partial charge in [-0.25, -0.2) is 0 Å². The second-order valence-electron chi connectivity index (χ2n) is 6.15. The van der Waals surface area contributed by atoms with Crippen molar-refractivity contribution in [3.63, 3.8) is 0 Å². The molecular weight excluding hydrogens is 326 g/mol. The second kappa shape index (κ2) is 8.31. The number of piperidine rings is 1. The topological polar surface area (TPSA) is 64.9 Å². The van der Waals surface area contributed by atoms with E-state index in [1.165, 1.54) is 11.1 Å². The molecule has 1 aromatic carbocycles. The Morgan fingerprint density at radius 2 is 2.08 bits per heavy atom. The Bertz CT molecular complexity index is 635. The minimum Gasteiger partial charge on any atom is -0.389 e. The van der Waals surface area contributed by atoms with Crippen LogP contribution in [0.15, 0.2) is 40.1 Å². The number of aldehydes is 1. The molecule has 1 aromatic rings. The molecule has 0 amide bonds. The van der Waals surface area contributed by atoms with Crippen LogP contribution in [0.5, 0.6) is 0 Å². The highest BCUT2D eigenvalue weighted by Crippen LogP contribution is 2.29. The lowest BCUT2D eigenvalue weighted by Crippen LogP contribution is -2.45. The molecule has 1 aliphatic heterocycles. The Morgan fingerprint density at radius 1 is 1.42 bits per heavy atom. The number of allylic oxidation sites excluding steroid dienone is 2. The molecule has 1 heterocycles. The molecule has 0 radical (unpaired) electrons. The molecule has 2 N–H and O–H groups in total. The monoisotopic (exact) mass is 349 g/mol. The molecule has 0 spiro atoms. The van der Waals surface area contributed by atoms with Gasteiger partial charge < -0.3 is 15.4 Å². The summed E-state index contributed by atoms with van der Waals surface area (Å²) in [5, 5.41) is 15.0. The van der Waals surface area contributed by atoms with E-state index >= 15 is 0 Å². The summed E-state index contributed by atoms with van der Waals surface area (Å²) in [5.74, 6) is 0. The quantitative estimate of drug-likeness (QED) is 0.358. The van der Waals surface area contributed by atoms with Gasteiger partial charge in [0.15, 0.2) is 6.29 Å². The summed E-state index contributed by atoms with van der Waals surface area (Å²) >= 11 is 6.01. The van der Waals surface area contributed by atoms with Crippen LogP contribution >= 0.6 is 11.6 Å². The third kappa shape index (κ3) is 4.58. The first kappa shape index (κ1) is 18.5. The molecule has 0 atom stereocenters. The van der Waals surface area contributed by atoms with Crippen LogP contribution in [0, 0.1) is 6.92 Å². The molecule has 0 aromatic heterocycles. The molecule has 130 valence electrons. The van der Waals surface area contributed by atoms with E-state index in [0.29, 0.717) is 44.3 Å². The summed E-state index contributed by atoms with van der Waals surface area (Å²) in [5.41, 5.74) is 4.87. The van der Waals surface area contributed by atoms with E-state index < -0.39 is 5.60 Å². The van der Waals surface area contributed by atoms with Crippen molar-refractivity contribution in [1.82, 2.24) is 10.3 Å². The van der Waals surface area contributed by atoms with Gasteiger partial charge in [-0.15, -0.1) is 0 Å². The van der Waals surface area contributed by atoms with Gasteiger partial charge in [-0.1, -0.05) is 35.9 Å². The maximum Gasteiger partial charge on any atom is 0.163 e. The summed E-state index contributed by atoms with van der Waals surface area (Å²) in [6.07, 6.45) is 4.02. The van der Waals surface area contributed by atoms with Crippen molar-refractivity contribution in [2.24, 2.45) is 5.10 Å². The number of likely N-dealkylation sites (tertiary alicyclic amines) is 1. The van der Waals surface area contributed by atoms with Crippen LogP contribution in [0.2, 0.25) is 0 Å². The number of halogens is 1. The summed E-state index contributed by atoms with van der Waals surface area (Å²) in [7, 11) is 1.68. The van der Waals surface area contributed by atoms with E-state index in [4.69, 9.17) is 11.6 Å². The number of nitrogens with zero attached hydrogens (tertiary/aromatic N) is 2. The molecule has 2 rings (SSSR count). The van der Waals surface area contributed by atoms with Gasteiger partial charge in [0.1, 0.15) is 5.03 Å². The van der Waals surface area contributed by atoms with E-state index in [1.807, 2.05) is 17.0 Å². The molecule has 0 aliphatic carbocycles. The lowest BCUT2D eigenvalue weighted by Gasteiger charge is -2.40. The van der Waals surface area contributed by atoms with Crippen molar-refractivity contribution in [2.45, 2.75) is 31.8 Å². The van der Waals surface area contributed by atoms with E-state index in [-0.39, 0.29) is 5.03 Å². The average molecular weight is 350 g/mol. The maximum atomic E-state index is 11.0. The maximum absolute atomic E-state index is 11.0. The van der Waals surface area contributed by atoms with E-state index in [9.17, 15) is 9.90 Å². The highest BCUT2D eigenvalue weighted by molar-refractivity contribution is 6.40. The van der Waals surface area contributed by atoms with E-state index in [1.54, 1.807) is 13.3 Å². The van der Waals surface area contributed by atoms with Crippen LogP contribution < -0.4 is 5.43 Å². The standard InChI is InChI=1S/C18H24ClN3O2/c1-14-5-3-4-6-15(14)11-18(24)7-9-22(10-8-18)17(12-21-20-2)16(19)13-23/h3-6,12-13,20,24H,7-11H2,1-2H3/b17-16-,21-12-. The number of aliphatic hydroxyl groups is 1. The van der Waals surface area contributed by atoms with Crippen LogP contribution in [-0.4, -0.2) is 48.2 Å². The number of nitrogens with one attached hydrogen (secondary N) is 1. The van der Waals surface area contributed by atoms with Crippen molar-refractivity contribution in [3.05, 3.63) is 46.1 Å². The lowest BCUT2D eigenvalue weighted by molar-refractivity contribution is -0.104. The van der Waals surface area contributed by atoms with Gasteiger partial charge in [-0.2, -0.15) is 5.10 Å². The second-order valence-corrected chi connectivity index (χ2v) is 6.55. The summed E-state index contributed by atoms with van der Waals surface area (Å²) in [4.78, 5) is 13.0. The number of hydrogen-bond donors (Lipinski definition) is 2. The van der Waals surface area contributed by atoms with Crippen LogP contribution in [0.1, 0.15) is 24.0 Å². The Morgan fingerprint density at radius 3 is 2.67 bits per heavy atom. The van der Waals surface area contributed by atoms with Crippen LogP contribution in [0.25, 0.3) is 0 Å². The number of carbonyl (C=O) groups excluding carboxylic acids is 1. The predicted molar refractivity (Wildman–Crippen MR) is 97.1 cm³/mol. The number of hydrazone groups is 1. The Balaban J connectivity index is 2.07. The summed E-state index contributed by atoms with van der Waals surface area (Å²) in [6, 6.07) is 8.13. The Hall–Kier alpha value is -1.85. The van der Waals surface area contributed by atoms with Crippen LogP contribution in [0.4, 0.5) is 0 Å². The lowest BCUT2D eigenvalue weighted by atomic mass is 9.84. The van der Waals surface area contributed by atoms with Gasteiger partial charge in [-0.05, 0) is 30.9 Å². The third-order valence-electron chi connectivity index (χ3n) is 4.48. The number of hydrogen-bond acceptors (Lipinski definition) is 5. The van der Waals surface area contributed by atoms with Gasteiger partial charge in [-0.3, -0.25) is 4.79 Å². The number of carbonyl (C=O) groups is 1. The highest BCUT2D eigenvalue weighted by Gasteiger charge is 2.33. The van der Waals surface area contributed by atoms with Gasteiger partial charge in [0, 0.05) is 26.6 Å². The van der Waals surface area contributed by atoms with Crippen molar-refractivity contribution in [2.75, 3.05) is 20.1 Å². The fourth-order valence-electron chi connectivity index (χ4n) is 2.98. The first-order valence-corrected chi connectivity index (χ1v) is 8.43.